The van der Waals surface area contributed by atoms with Crippen LogP contribution < -0.4 is 4.74 Å². The molecule has 0 saturated heterocycles. The van der Waals surface area contributed by atoms with E-state index in [1.54, 1.807) is 6.08 Å². The molecule has 1 aromatic rings. The highest BCUT2D eigenvalue weighted by Crippen LogP contribution is 2.13. The van der Waals surface area contributed by atoms with E-state index in [1.807, 2.05) is 24.3 Å². The second-order valence-corrected chi connectivity index (χ2v) is 3.98. The molecule has 0 N–H and O–H groups in total. The van der Waals surface area contributed by atoms with Gasteiger partial charge in [-0.05, 0) is 30.2 Å². The van der Waals surface area contributed by atoms with Crippen molar-refractivity contribution in [3.8, 4) is 5.75 Å². The van der Waals surface area contributed by atoms with Gasteiger partial charge in [0.2, 0.25) is 0 Å². The number of esters is 1. The van der Waals surface area contributed by atoms with Gasteiger partial charge in [0, 0.05) is 6.08 Å². The van der Waals surface area contributed by atoms with E-state index in [-0.39, 0.29) is 5.97 Å². The minimum Gasteiger partial charge on any atom is -0.494 e. The predicted molar refractivity (Wildman–Crippen MR) is 72.5 cm³/mol. The lowest BCUT2D eigenvalue weighted by atomic mass is 10.2. The van der Waals surface area contributed by atoms with E-state index in [0.29, 0.717) is 0 Å². The summed E-state index contributed by atoms with van der Waals surface area (Å²) in [7, 11) is 1.36. The van der Waals surface area contributed by atoms with Crippen LogP contribution >= 0.6 is 0 Å². The van der Waals surface area contributed by atoms with E-state index >= 15 is 0 Å². The fourth-order valence-corrected chi connectivity index (χ4v) is 1.45. The van der Waals surface area contributed by atoms with E-state index in [1.165, 1.54) is 26.0 Å². The normalized spacial score (nSPS) is 10.6. The van der Waals surface area contributed by atoms with E-state index in [2.05, 4.69) is 11.7 Å². The van der Waals surface area contributed by atoms with E-state index in [4.69, 9.17) is 4.74 Å². The second-order valence-electron chi connectivity index (χ2n) is 3.98. The van der Waals surface area contributed by atoms with Crippen LogP contribution in [0.1, 0.15) is 31.7 Å². The average molecular weight is 248 g/mol. The van der Waals surface area contributed by atoms with Crippen molar-refractivity contribution in [1.82, 2.24) is 0 Å². The molecule has 0 heterocycles. The van der Waals surface area contributed by atoms with Gasteiger partial charge in [-0.25, -0.2) is 4.79 Å². The first-order valence-electron chi connectivity index (χ1n) is 6.25. The molecule has 1 aromatic carbocycles. The summed E-state index contributed by atoms with van der Waals surface area (Å²) >= 11 is 0. The number of methoxy groups -OCH3 is 1. The first-order chi connectivity index (χ1) is 8.76. The zero-order valence-corrected chi connectivity index (χ0v) is 11.0. The van der Waals surface area contributed by atoms with Crippen molar-refractivity contribution in [2.24, 2.45) is 0 Å². The van der Waals surface area contributed by atoms with Crippen LogP contribution in [0.15, 0.2) is 30.3 Å². The van der Waals surface area contributed by atoms with Crippen molar-refractivity contribution >= 4 is 12.0 Å². The number of carbonyl (C=O) groups is 1. The van der Waals surface area contributed by atoms with Gasteiger partial charge < -0.3 is 9.47 Å². The minimum atomic E-state index is -0.352. The Hall–Kier alpha value is -1.77. The standard InChI is InChI=1S/C15H20O3/c1-3-4-5-12-18-14-9-6-13(7-10-14)8-11-15(16)17-2/h6-11H,3-5,12H2,1-2H3/b11-8+. The quantitative estimate of drug-likeness (QED) is 0.421. The Morgan fingerprint density at radius 1 is 1.22 bits per heavy atom. The first-order valence-corrected chi connectivity index (χ1v) is 6.25. The molecular formula is C15H20O3. The van der Waals surface area contributed by atoms with Crippen molar-refractivity contribution in [1.29, 1.82) is 0 Å². The zero-order chi connectivity index (χ0) is 13.2. The van der Waals surface area contributed by atoms with Crippen LogP contribution in [-0.4, -0.2) is 19.7 Å². The Bertz CT molecular complexity index is 379. The Balaban J connectivity index is 2.42. The Morgan fingerprint density at radius 3 is 2.56 bits per heavy atom. The van der Waals surface area contributed by atoms with Crippen LogP contribution in [0.4, 0.5) is 0 Å². The number of ether oxygens (including phenoxy) is 2. The third-order valence-electron chi connectivity index (χ3n) is 2.51. The number of hydrogen-bond acceptors (Lipinski definition) is 3. The Kier molecular flexibility index (Phi) is 6.62. The molecule has 18 heavy (non-hydrogen) atoms. The molecule has 0 fully saturated rings. The topological polar surface area (TPSA) is 35.5 Å². The molecule has 0 aromatic heterocycles. The van der Waals surface area contributed by atoms with Crippen molar-refractivity contribution in [3.63, 3.8) is 0 Å². The van der Waals surface area contributed by atoms with E-state index in [9.17, 15) is 4.79 Å². The van der Waals surface area contributed by atoms with Gasteiger partial charge in [-0.1, -0.05) is 31.9 Å². The van der Waals surface area contributed by atoms with Gasteiger partial charge in [0.25, 0.3) is 0 Å². The summed E-state index contributed by atoms with van der Waals surface area (Å²) in [5.74, 6) is 0.510. The fourth-order valence-electron chi connectivity index (χ4n) is 1.45. The summed E-state index contributed by atoms with van der Waals surface area (Å²) in [5.41, 5.74) is 0.946. The number of hydrogen-bond donors (Lipinski definition) is 0. The Morgan fingerprint density at radius 2 is 1.94 bits per heavy atom. The number of benzene rings is 1. The van der Waals surface area contributed by atoms with Gasteiger partial charge in [-0.2, -0.15) is 0 Å². The smallest absolute Gasteiger partial charge is 0.330 e. The average Bonchev–Trinajstić information content (AvgIpc) is 2.42. The highest BCUT2D eigenvalue weighted by atomic mass is 16.5. The predicted octanol–water partition coefficient (Wildman–Crippen LogP) is 3.44. The lowest BCUT2D eigenvalue weighted by Crippen LogP contribution is -1.96. The van der Waals surface area contributed by atoms with Gasteiger partial charge in [-0.3, -0.25) is 0 Å². The van der Waals surface area contributed by atoms with Gasteiger partial charge in [0.05, 0.1) is 13.7 Å². The van der Waals surface area contributed by atoms with Crippen LogP contribution in [-0.2, 0) is 9.53 Å². The van der Waals surface area contributed by atoms with Crippen LogP contribution in [0.25, 0.3) is 6.08 Å². The summed E-state index contributed by atoms with van der Waals surface area (Å²) in [5, 5.41) is 0. The van der Waals surface area contributed by atoms with Crippen molar-refractivity contribution in [2.75, 3.05) is 13.7 Å². The molecule has 0 saturated carbocycles. The van der Waals surface area contributed by atoms with Crippen LogP contribution in [0.3, 0.4) is 0 Å². The molecule has 0 amide bonds. The van der Waals surface area contributed by atoms with Crippen molar-refractivity contribution in [2.45, 2.75) is 26.2 Å². The third kappa shape index (κ3) is 5.53. The van der Waals surface area contributed by atoms with Crippen molar-refractivity contribution in [3.05, 3.63) is 35.9 Å². The second kappa shape index (κ2) is 8.34. The van der Waals surface area contributed by atoms with Gasteiger partial charge in [0.1, 0.15) is 5.75 Å². The summed E-state index contributed by atoms with van der Waals surface area (Å²) in [4.78, 5) is 10.9. The third-order valence-corrected chi connectivity index (χ3v) is 2.51. The molecule has 0 aliphatic rings. The molecule has 0 radical (unpaired) electrons. The number of rotatable bonds is 7. The molecule has 3 heteroatoms. The largest absolute Gasteiger partial charge is 0.494 e. The molecule has 0 spiro atoms. The van der Waals surface area contributed by atoms with E-state index in [0.717, 1.165) is 24.3 Å². The van der Waals surface area contributed by atoms with Crippen molar-refractivity contribution < 1.29 is 14.3 Å². The highest BCUT2D eigenvalue weighted by molar-refractivity contribution is 5.86. The fraction of sp³-hybridized carbons (Fsp3) is 0.400. The molecule has 0 unspecified atom stereocenters. The summed E-state index contributed by atoms with van der Waals surface area (Å²) in [6.07, 6.45) is 6.59. The first kappa shape index (κ1) is 14.3. The molecule has 0 aliphatic carbocycles. The molecule has 0 bridgehead atoms. The minimum absolute atomic E-state index is 0.352. The molecule has 1 rings (SSSR count). The molecule has 98 valence electrons. The number of carbonyl (C=O) groups excluding carboxylic acids is 1. The van der Waals surface area contributed by atoms with Gasteiger partial charge >= 0.3 is 5.97 Å². The number of unbranched alkanes of at least 4 members (excludes halogenated alkanes) is 2. The maximum Gasteiger partial charge on any atom is 0.330 e. The molecular weight excluding hydrogens is 228 g/mol. The molecule has 3 nitrogen and oxygen atoms in total. The van der Waals surface area contributed by atoms with E-state index < -0.39 is 0 Å². The summed E-state index contributed by atoms with van der Waals surface area (Å²) in [6, 6.07) is 7.63. The maximum atomic E-state index is 10.9. The SMILES string of the molecule is CCCCCOc1ccc(/C=C/C(=O)OC)cc1. The monoisotopic (exact) mass is 248 g/mol. The van der Waals surface area contributed by atoms with Crippen LogP contribution in [0.5, 0.6) is 5.75 Å². The lowest BCUT2D eigenvalue weighted by Gasteiger charge is -2.05. The zero-order valence-electron chi connectivity index (χ0n) is 11.0. The lowest BCUT2D eigenvalue weighted by molar-refractivity contribution is -0.134. The van der Waals surface area contributed by atoms with Crippen LogP contribution in [0.2, 0.25) is 0 Å². The van der Waals surface area contributed by atoms with Gasteiger partial charge in [0.15, 0.2) is 0 Å². The summed E-state index contributed by atoms with van der Waals surface area (Å²) < 4.78 is 10.1. The summed E-state index contributed by atoms with van der Waals surface area (Å²) in [6.45, 7) is 2.92. The molecule has 0 aliphatic heterocycles. The van der Waals surface area contributed by atoms with Crippen LogP contribution in [0, 0.1) is 0 Å². The Labute approximate surface area is 108 Å². The van der Waals surface area contributed by atoms with Gasteiger partial charge in [-0.15, -0.1) is 0 Å². The highest BCUT2D eigenvalue weighted by Gasteiger charge is 1.95. The molecule has 0 atom stereocenters. The maximum absolute atomic E-state index is 10.9.